The molecule has 6 saturated carbocycles. The summed E-state index contributed by atoms with van der Waals surface area (Å²) in [5.74, 6) is 2.52. The summed E-state index contributed by atoms with van der Waals surface area (Å²) in [6.45, 7) is 12.3. The van der Waals surface area contributed by atoms with Crippen molar-refractivity contribution < 1.29 is 24.9 Å². The van der Waals surface area contributed by atoms with Gasteiger partial charge in [-0.1, -0.05) is 94.5 Å². The number of rotatable bonds is 12. The smallest absolute Gasteiger partial charge is 0.199 e. The van der Waals surface area contributed by atoms with Crippen LogP contribution in [0.3, 0.4) is 0 Å². The van der Waals surface area contributed by atoms with Crippen molar-refractivity contribution in [2.75, 3.05) is 26.2 Å². The molecule has 310 valence electrons. The molecule has 1 heterocycles. The summed E-state index contributed by atoms with van der Waals surface area (Å²) < 4.78 is 7.20. The molecule has 9 aliphatic rings. The van der Waals surface area contributed by atoms with Gasteiger partial charge in [0.15, 0.2) is 5.78 Å². The molecule has 4 bridgehead atoms. The van der Waals surface area contributed by atoms with E-state index in [0.29, 0.717) is 49.8 Å². The van der Waals surface area contributed by atoms with E-state index in [2.05, 4.69) is 81.2 Å². The number of hydrogen-bond acceptors (Lipinski definition) is 7. The first kappa shape index (κ1) is 39.5. The molecular formula is C51H65NO5S. The number of ketones is 1. The Bertz CT molecular complexity index is 2090. The minimum atomic E-state index is -0.983. The van der Waals surface area contributed by atoms with E-state index in [-0.39, 0.29) is 41.2 Å². The Hall–Kier alpha value is -2.65. The summed E-state index contributed by atoms with van der Waals surface area (Å²) in [5, 5.41) is 37.3. The molecule has 12 atom stereocenters. The monoisotopic (exact) mass is 803 g/mol. The highest BCUT2D eigenvalue weighted by molar-refractivity contribution is 7.21. The van der Waals surface area contributed by atoms with Crippen LogP contribution in [-0.4, -0.2) is 70.1 Å². The van der Waals surface area contributed by atoms with Crippen molar-refractivity contribution >= 4 is 27.2 Å². The van der Waals surface area contributed by atoms with E-state index >= 15 is 4.79 Å². The van der Waals surface area contributed by atoms with Crippen molar-refractivity contribution in [3.8, 4) is 0 Å². The second-order valence-electron chi connectivity index (χ2n) is 21.3. The predicted molar refractivity (Wildman–Crippen MR) is 231 cm³/mol. The maximum Gasteiger partial charge on any atom is 0.199 e. The van der Waals surface area contributed by atoms with E-state index in [9.17, 15) is 15.3 Å². The van der Waals surface area contributed by atoms with E-state index in [1.165, 1.54) is 19.3 Å². The first-order valence-corrected chi connectivity index (χ1v) is 23.4. The van der Waals surface area contributed by atoms with Crippen molar-refractivity contribution in [2.24, 2.45) is 56.7 Å². The summed E-state index contributed by atoms with van der Waals surface area (Å²) in [6, 6.07) is 20.5. The van der Waals surface area contributed by atoms with Crippen molar-refractivity contribution in [3.05, 3.63) is 94.9 Å². The quantitative estimate of drug-likeness (QED) is 0.125. The van der Waals surface area contributed by atoms with Gasteiger partial charge in [-0.25, -0.2) is 0 Å². The normalized spacial score (nSPS) is 41.1. The van der Waals surface area contributed by atoms with Crippen LogP contribution in [0.1, 0.15) is 107 Å². The van der Waals surface area contributed by atoms with Gasteiger partial charge in [0.1, 0.15) is 0 Å². The van der Waals surface area contributed by atoms with Crippen LogP contribution in [0.4, 0.5) is 0 Å². The minimum Gasteiger partial charge on any atom is -0.393 e. The Morgan fingerprint density at radius 2 is 1.66 bits per heavy atom. The SMILES string of the molecule is CC1(C)C2CCC(CN(CC(O)COCc3ccccc3)CC3(O)CCC4C56C=CC7(C=C5C(=O)c5cc8ccccc8s5)CC(O)CCC7(C)C6CCC43C)C1C2. The van der Waals surface area contributed by atoms with Gasteiger partial charge in [-0.3, -0.25) is 9.69 Å². The standard InChI is InChI=1S/C51H65NO5S/c1-46(2)36-15-14-35(39(46)25-36)28-52(29-38(54)31-57-30-33-10-6-5-7-11-33)32-50(56)21-18-44-48(50,4)20-17-43-47(3)19-16-37(53)26-49(47)22-23-51(43,44)40(27-49)45(55)42-24-34-12-8-9-13-41(34)58-42/h5-13,22-24,27,35-39,43-44,53-54,56H,14-21,25-26,28-32H2,1-4H3. The Morgan fingerprint density at radius 3 is 2.43 bits per heavy atom. The fraction of sp³-hybridized carbons (Fsp3) is 0.627. The molecule has 58 heavy (non-hydrogen) atoms. The average Bonchev–Trinajstić information content (AvgIpc) is 3.76. The summed E-state index contributed by atoms with van der Waals surface area (Å²) in [4.78, 5) is 18.5. The van der Waals surface area contributed by atoms with E-state index < -0.39 is 22.5 Å². The van der Waals surface area contributed by atoms with Crippen LogP contribution in [0, 0.1) is 56.7 Å². The third-order valence-electron chi connectivity index (χ3n) is 18.5. The summed E-state index contributed by atoms with van der Waals surface area (Å²) in [5.41, 5.74) is 0.0302. The second kappa shape index (κ2) is 13.9. The van der Waals surface area contributed by atoms with Gasteiger partial charge < -0.3 is 20.1 Å². The molecule has 0 radical (unpaired) electrons. The Morgan fingerprint density at radius 1 is 0.914 bits per heavy atom. The number of allylic oxidation sites excluding steroid dienone is 4. The molecule has 12 unspecified atom stereocenters. The molecule has 0 saturated heterocycles. The number of aliphatic hydroxyl groups excluding tert-OH is 2. The van der Waals surface area contributed by atoms with Gasteiger partial charge in [-0.05, 0) is 128 Å². The number of carbonyl (C=O) groups excluding carboxylic acids is 1. The third kappa shape index (κ3) is 5.76. The highest BCUT2D eigenvalue weighted by Crippen LogP contribution is 2.78. The number of fused-ring (bicyclic) bond motifs is 4. The Balaban J connectivity index is 0.977. The van der Waals surface area contributed by atoms with Crippen LogP contribution in [0.5, 0.6) is 0 Å². The van der Waals surface area contributed by atoms with E-state index in [0.717, 1.165) is 70.7 Å². The minimum absolute atomic E-state index is 0.0722. The molecule has 0 aliphatic heterocycles. The number of nitrogens with zero attached hydrogens (tertiary/aromatic N) is 1. The van der Waals surface area contributed by atoms with Crippen LogP contribution in [0.25, 0.3) is 10.1 Å². The van der Waals surface area contributed by atoms with E-state index in [1.54, 1.807) is 11.3 Å². The van der Waals surface area contributed by atoms with Crippen molar-refractivity contribution in [2.45, 2.75) is 116 Å². The van der Waals surface area contributed by atoms with Gasteiger partial charge >= 0.3 is 0 Å². The van der Waals surface area contributed by atoms with Gasteiger partial charge in [0, 0.05) is 46.2 Å². The molecular weight excluding hydrogens is 739 g/mol. The van der Waals surface area contributed by atoms with Crippen LogP contribution in [0.15, 0.2) is 84.5 Å². The van der Waals surface area contributed by atoms with E-state index in [1.807, 2.05) is 30.3 Å². The number of hydrogen-bond donors (Lipinski definition) is 3. The fourth-order valence-corrected chi connectivity index (χ4v) is 16.2. The average molecular weight is 804 g/mol. The molecule has 3 aromatic rings. The number of ether oxygens (including phenoxy) is 1. The van der Waals surface area contributed by atoms with Gasteiger partial charge in [-0.2, -0.15) is 0 Å². The largest absolute Gasteiger partial charge is 0.393 e. The van der Waals surface area contributed by atoms with Gasteiger partial charge in [0.2, 0.25) is 0 Å². The molecule has 2 spiro atoms. The van der Waals surface area contributed by atoms with Crippen LogP contribution < -0.4 is 0 Å². The number of aliphatic hydroxyl groups is 3. The molecule has 7 heteroatoms. The van der Waals surface area contributed by atoms with Crippen LogP contribution >= 0.6 is 11.3 Å². The lowest BCUT2D eigenvalue weighted by molar-refractivity contribution is -0.179. The molecule has 1 aromatic heterocycles. The topological polar surface area (TPSA) is 90.2 Å². The Labute approximate surface area is 349 Å². The number of Topliss-reactive ketones (excluding diaryl/α,β-unsaturated/α-hetero) is 1. The van der Waals surface area contributed by atoms with Gasteiger partial charge in [0.05, 0.1) is 35.9 Å². The first-order chi connectivity index (χ1) is 27.7. The first-order valence-electron chi connectivity index (χ1n) is 22.6. The van der Waals surface area contributed by atoms with Gasteiger partial charge in [0.25, 0.3) is 0 Å². The zero-order valence-corrected chi connectivity index (χ0v) is 36.0. The molecule has 9 aliphatic carbocycles. The summed E-state index contributed by atoms with van der Waals surface area (Å²) in [7, 11) is 0. The molecule has 0 amide bonds. The third-order valence-corrected chi connectivity index (χ3v) is 19.6. The Kier molecular flexibility index (Phi) is 9.49. The predicted octanol–water partition coefficient (Wildman–Crippen LogP) is 9.63. The number of carbonyl (C=O) groups is 1. The fourth-order valence-electron chi connectivity index (χ4n) is 15.1. The lowest BCUT2D eigenvalue weighted by Gasteiger charge is -2.71. The lowest BCUT2D eigenvalue weighted by Crippen LogP contribution is -2.67. The zero-order chi connectivity index (χ0) is 40.3. The highest BCUT2D eigenvalue weighted by Gasteiger charge is 2.74. The van der Waals surface area contributed by atoms with E-state index in [4.69, 9.17) is 4.74 Å². The summed E-state index contributed by atoms with van der Waals surface area (Å²) >= 11 is 1.60. The zero-order valence-electron chi connectivity index (χ0n) is 35.2. The molecule has 12 rings (SSSR count). The number of thiophene rings is 1. The van der Waals surface area contributed by atoms with Crippen LogP contribution in [-0.2, 0) is 11.3 Å². The summed E-state index contributed by atoms with van der Waals surface area (Å²) in [6.07, 6.45) is 15.7. The van der Waals surface area contributed by atoms with Gasteiger partial charge in [-0.15, -0.1) is 11.3 Å². The number of benzene rings is 2. The van der Waals surface area contributed by atoms with Crippen molar-refractivity contribution in [1.29, 1.82) is 0 Å². The lowest BCUT2D eigenvalue weighted by atomic mass is 9.32. The second-order valence-corrected chi connectivity index (χ2v) is 22.4. The van der Waals surface area contributed by atoms with Crippen molar-refractivity contribution in [1.82, 2.24) is 4.90 Å². The molecule has 6 fully saturated rings. The molecule has 3 N–H and O–H groups in total. The molecule has 2 aromatic carbocycles. The maximum absolute atomic E-state index is 15.2. The van der Waals surface area contributed by atoms with Crippen molar-refractivity contribution in [3.63, 3.8) is 0 Å². The maximum atomic E-state index is 15.2. The van der Waals surface area contributed by atoms with Crippen LogP contribution in [0.2, 0.25) is 0 Å². The highest BCUT2D eigenvalue weighted by atomic mass is 32.1. The molecule has 6 nitrogen and oxygen atoms in total.